The minimum Gasteiger partial charge on any atom is -0.494 e. The van der Waals surface area contributed by atoms with Crippen LogP contribution in [0, 0.1) is 20.2 Å². The van der Waals surface area contributed by atoms with E-state index in [9.17, 15) is 34.9 Å². The van der Waals surface area contributed by atoms with Crippen LogP contribution in [0.15, 0.2) is 72.8 Å². The lowest BCUT2D eigenvalue weighted by Gasteiger charge is -2.08. The van der Waals surface area contributed by atoms with Crippen molar-refractivity contribution in [2.45, 2.75) is 0 Å². The number of nitrogens with zero attached hydrogens (tertiary/aromatic N) is 3. The Morgan fingerprint density at radius 1 is 0.765 bits per heavy atom. The lowest BCUT2D eigenvalue weighted by Crippen LogP contribution is -2.19. The molecule has 0 unspecified atom stereocenters. The van der Waals surface area contributed by atoms with Gasteiger partial charge in [-0.15, -0.1) is 0 Å². The number of nitro benzene ring substituents is 2. The zero-order chi connectivity index (χ0) is 24.4. The van der Waals surface area contributed by atoms with Crippen molar-refractivity contribution in [3.05, 3.63) is 98.6 Å². The van der Waals surface area contributed by atoms with Crippen molar-refractivity contribution in [3.8, 4) is 5.88 Å². The van der Waals surface area contributed by atoms with E-state index in [4.69, 9.17) is 0 Å². The molecule has 3 aromatic carbocycles. The van der Waals surface area contributed by atoms with Gasteiger partial charge < -0.3 is 15.7 Å². The first-order chi connectivity index (χ1) is 16.3. The van der Waals surface area contributed by atoms with Crippen LogP contribution in [0.2, 0.25) is 0 Å². The molecule has 0 saturated carbocycles. The molecule has 0 aliphatic carbocycles. The number of para-hydroxylation sites is 1. The van der Waals surface area contributed by atoms with E-state index in [1.807, 2.05) is 0 Å². The summed E-state index contributed by atoms with van der Waals surface area (Å²) < 4.78 is 0.904. The van der Waals surface area contributed by atoms with Crippen LogP contribution >= 0.6 is 0 Å². The van der Waals surface area contributed by atoms with Gasteiger partial charge in [-0.1, -0.05) is 18.2 Å². The van der Waals surface area contributed by atoms with Crippen LogP contribution in [0.5, 0.6) is 5.88 Å². The van der Waals surface area contributed by atoms with E-state index >= 15 is 0 Å². The van der Waals surface area contributed by atoms with Crippen molar-refractivity contribution in [2.75, 3.05) is 10.6 Å². The van der Waals surface area contributed by atoms with Crippen molar-refractivity contribution in [2.24, 2.45) is 0 Å². The molecule has 34 heavy (non-hydrogen) atoms. The summed E-state index contributed by atoms with van der Waals surface area (Å²) in [5.41, 5.74) is 0.255. The Kier molecular flexibility index (Phi) is 5.62. The Balaban J connectivity index is 1.66. The Bertz CT molecular complexity index is 1330. The second-order valence-electron chi connectivity index (χ2n) is 7.04. The maximum atomic E-state index is 12.9. The summed E-state index contributed by atoms with van der Waals surface area (Å²) in [5, 5.41) is 37.8. The van der Waals surface area contributed by atoms with Gasteiger partial charge in [0.05, 0.1) is 15.4 Å². The molecule has 0 atom stereocenters. The molecule has 1 aromatic heterocycles. The summed E-state index contributed by atoms with van der Waals surface area (Å²) in [6, 6.07) is 15.8. The number of aromatic hydroxyl groups is 1. The highest BCUT2D eigenvalue weighted by atomic mass is 16.6. The Labute approximate surface area is 190 Å². The van der Waals surface area contributed by atoms with Gasteiger partial charge in [-0.25, -0.2) is 9.36 Å². The number of anilines is 2. The molecule has 0 saturated heterocycles. The number of hydrogen-bond donors (Lipinski definition) is 3. The van der Waals surface area contributed by atoms with Crippen LogP contribution in [0.4, 0.5) is 27.5 Å². The molecule has 0 fully saturated rings. The Morgan fingerprint density at radius 3 is 1.79 bits per heavy atom. The van der Waals surface area contributed by atoms with Gasteiger partial charge in [-0.3, -0.25) is 25.0 Å². The number of rotatable bonds is 5. The van der Waals surface area contributed by atoms with Crippen molar-refractivity contribution in [1.82, 2.24) is 4.57 Å². The van der Waals surface area contributed by atoms with Gasteiger partial charge >= 0.3 is 6.03 Å². The molecular weight excluding hydrogens is 446 g/mol. The van der Waals surface area contributed by atoms with Crippen LogP contribution < -0.4 is 10.6 Å². The number of fused-ring (bicyclic) bond motifs is 1. The molecule has 0 bridgehead atoms. The third-order valence-electron chi connectivity index (χ3n) is 4.95. The predicted molar refractivity (Wildman–Crippen MR) is 122 cm³/mol. The van der Waals surface area contributed by atoms with Gasteiger partial charge in [0.2, 0.25) is 5.88 Å². The molecule has 12 heteroatoms. The van der Waals surface area contributed by atoms with Crippen LogP contribution in [0.25, 0.3) is 10.9 Å². The van der Waals surface area contributed by atoms with Gasteiger partial charge in [-0.2, -0.15) is 0 Å². The molecular formula is C22H15N5O7. The molecule has 2 amide bonds. The lowest BCUT2D eigenvalue weighted by molar-refractivity contribution is -0.385. The number of carbonyl (C=O) groups excluding carboxylic acids is 2. The monoisotopic (exact) mass is 461 g/mol. The van der Waals surface area contributed by atoms with E-state index in [0.717, 1.165) is 4.57 Å². The summed E-state index contributed by atoms with van der Waals surface area (Å²) in [7, 11) is 0. The first-order valence-electron chi connectivity index (χ1n) is 9.70. The minimum absolute atomic E-state index is 0.152. The van der Waals surface area contributed by atoms with Crippen molar-refractivity contribution in [3.63, 3.8) is 0 Å². The zero-order valence-electron chi connectivity index (χ0n) is 17.2. The van der Waals surface area contributed by atoms with Gasteiger partial charge in [0, 0.05) is 41.0 Å². The third-order valence-corrected chi connectivity index (χ3v) is 4.95. The van der Waals surface area contributed by atoms with E-state index in [1.165, 1.54) is 54.6 Å². The molecule has 0 aliphatic heterocycles. The SMILES string of the molecule is O=C(Nc1ccc([N+](=O)[O-])cc1)c1c(O)n(C(=O)Nc2ccc([N+](=O)[O-])cc2)c2ccccc12. The third kappa shape index (κ3) is 4.10. The summed E-state index contributed by atoms with van der Waals surface area (Å²) in [4.78, 5) is 46.3. The van der Waals surface area contributed by atoms with E-state index in [1.54, 1.807) is 18.2 Å². The predicted octanol–water partition coefficient (Wildman–Crippen LogP) is 4.50. The van der Waals surface area contributed by atoms with E-state index in [2.05, 4.69) is 10.6 Å². The van der Waals surface area contributed by atoms with Crippen LogP contribution in [-0.2, 0) is 0 Å². The normalized spacial score (nSPS) is 10.6. The number of benzene rings is 3. The average Bonchev–Trinajstić information content (AvgIpc) is 3.11. The molecule has 3 N–H and O–H groups in total. The maximum absolute atomic E-state index is 12.9. The number of aromatic nitrogens is 1. The standard InChI is InChI=1S/C22H15N5O7/c28-20(23-13-5-9-15(10-6-13)26(31)32)19-17-3-1-2-4-18(17)25(21(19)29)22(30)24-14-7-11-16(12-8-14)27(33)34/h1-12,29H,(H,23,28)(H,24,30). The Morgan fingerprint density at radius 2 is 1.26 bits per heavy atom. The first kappa shape index (κ1) is 22.0. The topological polar surface area (TPSA) is 170 Å². The number of nitrogens with one attached hydrogen (secondary N) is 2. The molecule has 4 rings (SSSR count). The molecule has 170 valence electrons. The second-order valence-corrected chi connectivity index (χ2v) is 7.04. The van der Waals surface area contributed by atoms with E-state index in [0.29, 0.717) is 5.39 Å². The van der Waals surface area contributed by atoms with E-state index < -0.39 is 27.7 Å². The second kappa shape index (κ2) is 8.70. The fraction of sp³-hybridized carbons (Fsp3) is 0. The zero-order valence-corrected chi connectivity index (χ0v) is 17.2. The quantitative estimate of drug-likeness (QED) is 0.290. The fourth-order valence-electron chi connectivity index (χ4n) is 3.36. The van der Waals surface area contributed by atoms with Crippen molar-refractivity contribution >= 4 is 45.6 Å². The highest BCUT2D eigenvalue weighted by Gasteiger charge is 2.26. The molecule has 12 nitrogen and oxygen atoms in total. The minimum atomic E-state index is -0.795. The summed E-state index contributed by atoms with van der Waals surface area (Å²) in [6.45, 7) is 0. The smallest absolute Gasteiger partial charge is 0.333 e. The van der Waals surface area contributed by atoms with Gasteiger partial charge in [0.15, 0.2) is 0 Å². The highest BCUT2D eigenvalue weighted by Crippen LogP contribution is 2.32. The summed E-state index contributed by atoms with van der Waals surface area (Å²) in [6.07, 6.45) is 0. The first-order valence-corrected chi connectivity index (χ1v) is 9.70. The summed E-state index contributed by atoms with van der Waals surface area (Å²) in [5.74, 6) is -1.36. The number of nitro groups is 2. The fourth-order valence-corrected chi connectivity index (χ4v) is 3.36. The number of non-ortho nitro benzene ring substituents is 2. The largest absolute Gasteiger partial charge is 0.494 e. The van der Waals surface area contributed by atoms with Crippen LogP contribution in [-0.4, -0.2) is 31.5 Å². The number of hydrogen-bond acceptors (Lipinski definition) is 7. The van der Waals surface area contributed by atoms with Gasteiger partial charge in [0.1, 0.15) is 5.56 Å². The summed E-state index contributed by atoms with van der Waals surface area (Å²) >= 11 is 0. The maximum Gasteiger partial charge on any atom is 0.333 e. The van der Waals surface area contributed by atoms with Crippen molar-refractivity contribution < 1.29 is 24.5 Å². The molecule has 1 heterocycles. The molecule has 0 radical (unpaired) electrons. The molecule has 4 aromatic rings. The molecule has 0 spiro atoms. The highest BCUT2D eigenvalue weighted by molar-refractivity contribution is 6.17. The van der Waals surface area contributed by atoms with Crippen LogP contribution in [0.1, 0.15) is 10.4 Å². The number of carbonyl (C=O) groups is 2. The molecule has 0 aliphatic rings. The average molecular weight is 461 g/mol. The van der Waals surface area contributed by atoms with Crippen LogP contribution in [0.3, 0.4) is 0 Å². The van der Waals surface area contributed by atoms with Gasteiger partial charge in [0.25, 0.3) is 17.3 Å². The lowest BCUT2D eigenvalue weighted by atomic mass is 10.1. The number of amides is 2. The van der Waals surface area contributed by atoms with Crippen molar-refractivity contribution in [1.29, 1.82) is 0 Å². The van der Waals surface area contributed by atoms with E-state index in [-0.39, 0.29) is 33.8 Å². The Hall–Kier alpha value is -5.26. The van der Waals surface area contributed by atoms with Gasteiger partial charge in [-0.05, 0) is 30.3 Å².